The molecule has 3 nitrogen and oxygen atoms in total. The molecule has 19 heavy (non-hydrogen) atoms. The fraction of sp³-hybridized carbons (Fsp3) is 0.0625. The highest BCUT2D eigenvalue weighted by Crippen LogP contribution is 2.11. The Kier molecular flexibility index (Phi) is 4.34. The van der Waals surface area contributed by atoms with Gasteiger partial charge >= 0.3 is 5.63 Å². The maximum atomic E-state index is 11.2. The van der Waals surface area contributed by atoms with Crippen LogP contribution in [0.5, 0.6) is 5.75 Å². The Hall–Kier alpha value is -2.55. The first-order chi connectivity index (χ1) is 9.28. The summed E-state index contributed by atoms with van der Waals surface area (Å²) in [5.41, 5.74) is 0.685. The van der Waals surface area contributed by atoms with Crippen LogP contribution in [0.2, 0.25) is 0 Å². The molecule has 1 aromatic carbocycles. The second-order valence-corrected chi connectivity index (χ2v) is 3.85. The predicted octanol–water partition coefficient (Wildman–Crippen LogP) is 3.38. The fourth-order valence-corrected chi connectivity index (χ4v) is 1.55. The standard InChI is InChI=1S/C16H14O3/c1-18-15-11-14(19-16(17)12-15)10-6-5-9-13-7-3-2-4-8-13/h2-12H,1H3/b9-5-,10-6-. The molecule has 0 aliphatic carbocycles. The molecule has 96 valence electrons. The minimum Gasteiger partial charge on any atom is -0.496 e. The maximum Gasteiger partial charge on any atom is 0.339 e. The Labute approximate surface area is 111 Å². The molecule has 0 bridgehead atoms. The molecule has 0 N–H and O–H groups in total. The largest absolute Gasteiger partial charge is 0.496 e. The molecule has 3 heteroatoms. The van der Waals surface area contributed by atoms with Crippen LogP contribution in [0.1, 0.15) is 11.3 Å². The quantitative estimate of drug-likeness (QED) is 0.785. The van der Waals surface area contributed by atoms with Crippen molar-refractivity contribution in [3.8, 4) is 5.75 Å². The molecule has 1 aromatic heterocycles. The van der Waals surface area contributed by atoms with Crippen LogP contribution < -0.4 is 10.4 Å². The van der Waals surface area contributed by atoms with E-state index in [0.29, 0.717) is 11.5 Å². The van der Waals surface area contributed by atoms with E-state index in [0.717, 1.165) is 5.56 Å². The zero-order valence-electron chi connectivity index (χ0n) is 10.6. The summed E-state index contributed by atoms with van der Waals surface area (Å²) >= 11 is 0. The van der Waals surface area contributed by atoms with Gasteiger partial charge in [-0.25, -0.2) is 4.79 Å². The lowest BCUT2D eigenvalue weighted by atomic mass is 10.2. The van der Waals surface area contributed by atoms with Gasteiger partial charge in [-0.15, -0.1) is 0 Å². The van der Waals surface area contributed by atoms with Gasteiger partial charge in [0.2, 0.25) is 0 Å². The summed E-state index contributed by atoms with van der Waals surface area (Å²) < 4.78 is 10.0. The molecule has 0 amide bonds. The highest BCUT2D eigenvalue weighted by atomic mass is 16.5. The van der Waals surface area contributed by atoms with Crippen molar-refractivity contribution in [2.75, 3.05) is 7.11 Å². The summed E-state index contributed by atoms with van der Waals surface area (Å²) in [6.45, 7) is 0. The molecule has 0 aliphatic heterocycles. The van der Waals surface area contributed by atoms with E-state index in [2.05, 4.69) is 0 Å². The van der Waals surface area contributed by atoms with Crippen molar-refractivity contribution in [1.82, 2.24) is 0 Å². The predicted molar refractivity (Wildman–Crippen MR) is 76.0 cm³/mol. The van der Waals surface area contributed by atoms with Gasteiger partial charge in [-0.3, -0.25) is 0 Å². The van der Waals surface area contributed by atoms with E-state index >= 15 is 0 Å². The van der Waals surface area contributed by atoms with Crippen molar-refractivity contribution in [1.29, 1.82) is 0 Å². The van der Waals surface area contributed by atoms with E-state index in [1.807, 2.05) is 48.6 Å². The number of hydrogen-bond donors (Lipinski definition) is 0. The average molecular weight is 254 g/mol. The van der Waals surface area contributed by atoms with Gasteiger partial charge in [0.05, 0.1) is 13.2 Å². The van der Waals surface area contributed by atoms with Crippen LogP contribution >= 0.6 is 0 Å². The second-order valence-electron chi connectivity index (χ2n) is 3.85. The molecule has 2 rings (SSSR count). The first-order valence-electron chi connectivity index (χ1n) is 5.87. The minimum absolute atomic E-state index is 0.425. The van der Waals surface area contributed by atoms with E-state index in [9.17, 15) is 4.79 Å². The molecular weight excluding hydrogens is 240 g/mol. The average Bonchev–Trinajstić information content (AvgIpc) is 2.44. The highest BCUT2D eigenvalue weighted by Gasteiger charge is 1.97. The van der Waals surface area contributed by atoms with E-state index in [1.165, 1.54) is 13.2 Å². The number of allylic oxidation sites excluding steroid dienone is 2. The topological polar surface area (TPSA) is 39.4 Å². The molecular formula is C16H14O3. The van der Waals surface area contributed by atoms with Gasteiger partial charge in [-0.05, 0) is 11.6 Å². The summed E-state index contributed by atoms with van der Waals surface area (Å²) in [5, 5.41) is 0. The summed E-state index contributed by atoms with van der Waals surface area (Å²) in [5.74, 6) is 0.949. The van der Waals surface area contributed by atoms with Gasteiger partial charge in [-0.2, -0.15) is 0 Å². The molecule has 0 radical (unpaired) electrons. The normalized spacial score (nSPS) is 11.2. The molecule has 0 unspecified atom stereocenters. The lowest BCUT2D eigenvalue weighted by Gasteiger charge is -1.98. The van der Waals surface area contributed by atoms with Crippen LogP contribution in [0.3, 0.4) is 0 Å². The van der Waals surface area contributed by atoms with Crippen molar-refractivity contribution in [3.63, 3.8) is 0 Å². The van der Waals surface area contributed by atoms with Gasteiger partial charge in [0.15, 0.2) is 0 Å². The number of hydrogen-bond acceptors (Lipinski definition) is 3. The number of benzene rings is 1. The van der Waals surface area contributed by atoms with Crippen molar-refractivity contribution < 1.29 is 9.15 Å². The van der Waals surface area contributed by atoms with E-state index < -0.39 is 5.63 Å². The Morgan fingerprint density at radius 1 is 1.05 bits per heavy atom. The summed E-state index contributed by atoms with van der Waals surface area (Å²) in [6.07, 6.45) is 7.37. The molecule has 1 heterocycles. The second kappa shape index (κ2) is 6.40. The summed E-state index contributed by atoms with van der Waals surface area (Å²) in [4.78, 5) is 11.2. The maximum absolute atomic E-state index is 11.2. The van der Waals surface area contributed by atoms with Gasteiger partial charge < -0.3 is 9.15 Å². The Balaban J connectivity index is 2.09. The third kappa shape index (κ3) is 4.00. The molecule has 0 saturated heterocycles. The van der Waals surface area contributed by atoms with Crippen LogP contribution in [0.25, 0.3) is 12.2 Å². The Morgan fingerprint density at radius 3 is 2.53 bits per heavy atom. The zero-order valence-corrected chi connectivity index (χ0v) is 10.6. The van der Waals surface area contributed by atoms with Crippen molar-refractivity contribution in [3.05, 3.63) is 76.4 Å². The fourth-order valence-electron chi connectivity index (χ4n) is 1.55. The molecule has 2 aromatic rings. The zero-order chi connectivity index (χ0) is 13.5. The van der Waals surface area contributed by atoms with Gasteiger partial charge in [0.1, 0.15) is 11.5 Å². The van der Waals surface area contributed by atoms with Crippen molar-refractivity contribution in [2.45, 2.75) is 0 Å². The molecule has 0 fully saturated rings. The van der Waals surface area contributed by atoms with Crippen LogP contribution in [0.4, 0.5) is 0 Å². The van der Waals surface area contributed by atoms with Gasteiger partial charge in [-0.1, -0.05) is 48.6 Å². The minimum atomic E-state index is -0.425. The van der Waals surface area contributed by atoms with Gasteiger partial charge in [0, 0.05) is 6.07 Å². The van der Waals surface area contributed by atoms with Crippen LogP contribution in [-0.4, -0.2) is 7.11 Å². The summed E-state index contributed by atoms with van der Waals surface area (Å²) in [7, 11) is 1.51. The van der Waals surface area contributed by atoms with Crippen molar-refractivity contribution in [2.24, 2.45) is 0 Å². The Bertz CT molecular complexity index is 637. The number of rotatable bonds is 4. The van der Waals surface area contributed by atoms with E-state index in [4.69, 9.17) is 9.15 Å². The number of methoxy groups -OCH3 is 1. The first-order valence-corrected chi connectivity index (χ1v) is 5.87. The van der Waals surface area contributed by atoms with Gasteiger partial charge in [0.25, 0.3) is 0 Å². The lowest BCUT2D eigenvalue weighted by Crippen LogP contribution is -1.98. The third-order valence-electron chi connectivity index (χ3n) is 2.46. The first kappa shape index (κ1) is 12.9. The lowest BCUT2D eigenvalue weighted by molar-refractivity contribution is 0.400. The monoisotopic (exact) mass is 254 g/mol. The van der Waals surface area contributed by atoms with E-state index in [1.54, 1.807) is 12.1 Å². The smallest absolute Gasteiger partial charge is 0.339 e. The van der Waals surface area contributed by atoms with Crippen LogP contribution in [-0.2, 0) is 0 Å². The molecule has 0 saturated carbocycles. The summed E-state index contributed by atoms with van der Waals surface area (Å²) in [6, 6.07) is 12.9. The number of ether oxygens (including phenoxy) is 1. The molecule has 0 spiro atoms. The third-order valence-corrected chi connectivity index (χ3v) is 2.46. The van der Waals surface area contributed by atoms with E-state index in [-0.39, 0.29) is 0 Å². The van der Waals surface area contributed by atoms with Crippen LogP contribution in [0, 0.1) is 0 Å². The van der Waals surface area contributed by atoms with Crippen LogP contribution in [0.15, 0.2) is 63.8 Å². The Morgan fingerprint density at radius 2 is 1.79 bits per heavy atom. The molecule has 0 aliphatic rings. The van der Waals surface area contributed by atoms with Crippen molar-refractivity contribution >= 4 is 12.2 Å². The highest BCUT2D eigenvalue weighted by molar-refractivity contribution is 5.55. The molecule has 0 atom stereocenters. The SMILES string of the molecule is COc1cc(/C=C\C=C/c2ccccc2)oc(=O)c1.